The molecule has 0 aliphatic carbocycles. The van der Waals surface area contributed by atoms with E-state index in [1.54, 1.807) is 6.20 Å². The molecule has 0 aromatic carbocycles. The highest BCUT2D eigenvalue weighted by atomic mass is 16.2. The summed E-state index contributed by atoms with van der Waals surface area (Å²) in [6, 6.07) is 3.74. The van der Waals surface area contributed by atoms with Crippen molar-refractivity contribution in [2.75, 3.05) is 0 Å². The number of pyridine rings is 1. The first-order valence-corrected chi connectivity index (χ1v) is 2.85. The Morgan fingerprint density at radius 2 is 2.33 bits per heavy atom. The van der Waals surface area contributed by atoms with Gasteiger partial charge in [0.05, 0.1) is 0 Å². The lowest BCUT2D eigenvalue weighted by Crippen LogP contribution is -2.13. The summed E-state index contributed by atoms with van der Waals surface area (Å²) in [4.78, 5) is 3.99. The standard InChI is InChI=1S/C6H8BNO/c1-5-2-3-6(7-9)4-8-5/h2-4,7,9H,1H3. The van der Waals surface area contributed by atoms with E-state index in [4.69, 9.17) is 5.02 Å². The van der Waals surface area contributed by atoms with Gasteiger partial charge in [0.15, 0.2) is 0 Å². The van der Waals surface area contributed by atoms with Crippen molar-refractivity contribution < 1.29 is 5.02 Å². The molecule has 1 heterocycles. The van der Waals surface area contributed by atoms with Crippen molar-refractivity contribution in [3.05, 3.63) is 24.0 Å². The van der Waals surface area contributed by atoms with Gasteiger partial charge in [0, 0.05) is 11.9 Å². The highest BCUT2D eigenvalue weighted by Crippen LogP contribution is 1.84. The van der Waals surface area contributed by atoms with Crippen LogP contribution in [0.15, 0.2) is 18.3 Å². The number of hydrogen-bond donors (Lipinski definition) is 1. The molecule has 1 rings (SSSR count). The first-order valence-electron chi connectivity index (χ1n) is 2.85. The van der Waals surface area contributed by atoms with Crippen LogP contribution in [0.5, 0.6) is 0 Å². The second-order valence-electron chi connectivity index (χ2n) is 1.97. The minimum Gasteiger partial charge on any atom is -0.449 e. The van der Waals surface area contributed by atoms with E-state index in [1.165, 1.54) is 0 Å². The fourth-order valence-corrected chi connectivity index (χ4v) is 0.592. The molecular formula is C6H8BNO. The second kappa shape index (κ2) is 2.64. The molecule has 0 saturated heterocycles. The third-order valence-corrected chi connectivity index (χ3v) is 1.16. The minimum absolute atomic E-state index is 0.0767. The summed E-state index contributed by atoms with van der Waals surface area (Å²) in [6.07, 6.45) is 1.68. The quantitative estimate of drug-likeness (QED) is 0.501. The zero-order chi connectivity index (χ0) is 6.69. The summed E-state index contributed by atoms with van der Waals surface area (Å²) in [5.41, 5.74) is 1.84. The third-order valence-electron chi connectivity index (χ3n) is 1.16. The highest BCUT2D eigenvalue weighted by Gasteiger charge is 1.89. The van der Waals surface area contributed by atoms with E-state index in [1.807, 2.05) is 19.1 Å². The molecule has 0 aliphatic rings. The molecule has 46 valence electrons. The summed E-state index contributed by atoms with van der Waals surface area (Å²) in [6.45, 7) is 1.92. The van der Waals surface area contributed by atoms with Crippen molar-refractivity contribution in [3.63, 3.8) is 0 Å². The van der Waals surface area contributed by atoms with Gasteiger partial charge in [-0.05, 0) is 18.5 Å². The zero-order valence-electron chi connectivity index (χ0n) is 5.33. The SMILES string of the molecule is Cc1ccc(BO)cn1. The Kier molecular flexibility index (Phi) is 1.85. The first-order chi connectivity index (χ1) is 4.33. The molecule has 0 fully saturated rings. The lowest BCUT2D eigenvalue weighted by Gasteiger charge is -1.91. The normalized spacial score (nSPS) is 9.11. The molecule has 0 aliphatic heterocycles. The van der Waals surface area contributed by atoms with Crippen LogP contribution < -0.4 is 5.46 Å². The van der Waals surface area contributed by atoms with E-state index in [0.29, 0.717) is 0 Å². The molecule has 0 atom stereocenters. The summed E-state index contributed by atoms with van der Waals surface area (Å²) in [5, 5.41) is 8.59. The molecule has 0 saturated carbocycles. The van der Waals surface area contributed by atoms with Gasteiger partial charge < -0.3 is 5.02 Å². The molecule has 3 heteroatoms. The predicted molar refractivity (Wildman–Crippen MR) is 38.0 cm³/mol. The van der Waals surface area contributed by atoms with Gasteiger partial charge in [0.2, 0.25) is 0 Å². The third kappa shape index (κ3) is 1.54. The van der Waals surface area contributed by atoms with Gasteiger partial charge in [-0.25, -0.2) is 0 Å². The molecule has 1 aromatic rings. The molecule has 9 heavy (non-hydrogen) atoms. The average Bonchev–Trinajstić information content (AvgIpc) is 1.90. The van der Waals surface area contributed by atoms with Crippen LogP contribution in [0.25, 0.3) is 0 Å². The first kappa shape index (κ1) is 6.30. The Bertz CT molecular complexity index is 185. The average molecular weight is 121 g/mol. The Balaban J connectivity index is 2.88. The topological polar surface area (TPSA) is 33.1 Å². The van der Waals surface area contributed by atoms with E-state index in [9.17, 15) is 0 Å². The lowest BCUT2D eigenvalue weighted by atomic mass is 9.91. The monoisotopic (exact) mass is 121 g/mol. The largest absolute Gasteiger partial charge is 0.449 e. The fourth-order valence-electron chi connectivity index (χ4n) is 0.592. The van der Waals surface area contributed by atoms with Crippen molar-refractivity contribution in [2.24, 2.45) is 0 Å². The molecule has 0 bridgehead atoms. The van der Waals surface area contributed by atoms with Crippen molar-refractivity contribution in [2.45, 2.75) is 6.92 Å². The second-order valence-corrected chi connectivity index (χ2v) is 1.97. The lowest BCUT2D eigenvalue weighted by molar-refractivity contribution is 0.615. The van der Waals surface area contributed by atoms with Crippen LogP contribution >= 0.6 is 0 Å². The predicted octanol–water partition coefficient (Wildman–Crippen LogP) is -0.641. The minimum atomic E-state index is 0.0767. The Labute approximate surface area is 54.8 Å². The van der Waals surface area contributed by atoms with Crippen LogP contribution in [0.4, 0.5) is 0 Å². The maximum Gasteiger partial charge on any atom is 0.306 e. The van der Waals surface area contributed by atoms with Gasteiger partial charge in [-0.3, -0.25) is 4.98 Å². The van der Waals surface area contributed by atoms with Crippen LogP contribution in [0.1, 0.15) is 5.69 Å². The summed E-state index contributed by atoms with van der Waals surface area (Å²) in [5.74, 6) is 0. The fraction of sp³-hybridized carbons (Fsp3) is 0.167. The van der Waals surface area contributed by atoms with Crippen LogP contribution in [0.3, 0.4) is 0 Å². The van der Waals surface area contributed by atoms with Crippen molar-refractivity contribution in [1.82, 2.24) is 4.98 Å². The summed E-state index contributed by atoms with van der Waals surface area (Å²) in [7, 11) is 0.0767. The Morgan fingerprint density at radius 1 is 1.56 bits per heavy atom. The maximum atomic E-state index is 8.59. The number of aryl methyl sites for hydroxylation is 1. The number of rotatable bonds is 1. The van der Waals surface area contributed by atoms with E-state index < -0.39 is 0 Å². The molecule has 0 radical (unpaired) electrons. The van der Waals surface area contributed by atoms with Crippen LogP contribution in [-0.2, 0) is 0 Å². The highest BCUT2D eigenvalue weighted by molar-refractivity contribution is 6.45. The number of hydrogen-bond acceptors (Lipinski definition) is 2. The van der Waals surface area contributed by atoms with Crippen molar-refractivity contribution in [3.8, 4) is 0 Å². The van der Waals surface area contributed by atoms with E-state index in [-0.39, 0.29) is 7.48 Å². The molecule has 0 amide bonds. The van der Waals surface area contributed by atoms with E-state index >= 15 is 0 Å². The summed E-state index contributed by atoms with van der Waals surface area (Å²) >= 11 is 0. The van der Waals surface area contributed by atoms with Gasteiger partial charge >= 0.3 is 7.48 Å². The van der Waals surface area contributed by atoms with Gasteiger partial charge in [-0.2, -0.15) is 0 Å². The zero-order valence-corrected chi connectivity index (χ0v) is 5.33. The molecule has 0 unspecified atom stereocenters. The Hall–Kier alpha value is -0.825. The van der Waals surface area contributed by atoms with Gasteiger partial charge in [0.1, 0.15) is 0 Å². The maximum absolute atomic E-state index is 8.59. The van der Waals surface area contributed by atoms with Gasteiger partial charge in [0.25, 0.3) is 0 Å². The van der Waals surface area contributed by atoms with Gasteiger partial charge in [-0.1, -0.05) is 6.07 Å². The van der Waals surface area contributed by atoms with E-state index in [2.05, 4.69) is 4.98 Å². The molecule has 2 nitrogen and oxygen atoms in total. The molecule has 1 N–H and O–H groups in total. The van der Waals surface area contributed by atoms with Gasteiger partial charge in [-0.15, -0.1) is 0 Å². The number of nitrogens with zero attached hydrogens (tertiary/aromatic N) is 1. The van der Waals surface area contributed by atoms with Crippen LogP contribution in [0.2, 0.25) is 0 Å². The van der Waals surface area contributed by atoms with E-state index in [0.717, 1.165) is 11.2 Å². The number of aromatic nitrogens is 1. The molecular weight excluding hydrogens is 113 g/mol. The van der Waals surface area contributed by atoms with Crippen molar-refractivity contribution in [1.29, 1.82) is 0 Å². The summed E-state index contributed by atoms with van der Waals surface area (Å²) < 4.78 is 0. The van der Waals surface area contributed by atoms with Crippen molar-refractivity contribution >= 4 is 12.9 Å². The van der Waals surface area contributed by atoms with Crippen LogP contribution in [0, 0.1) is 6.92 Å². The molecule has 0 spiro atoms. The molecule has 1 aromatic heterocycles. The smallest absolute Gasteiger partial charge is 0.306 e. The van der Waals surface area contributed by atoms with Crippen LogP contribution in [-0.4, -0.2) is 17.5 Å². The Morgan fingerprint density at radius 3 is 2.78 bits per heavy atom.